The summed E-state index contributed by atoms with van der Waals surface area (Å²) in [4.78, 5) is 11.8. The SMILES string of the molecule is CC(C#N)CNC(=O)C1CNc2ccccc2O1. The molecule has 0 saturated carbocycles. The normalized spacial score (nSPS) is 18.6. The second-order valence-corrected chi connectivity index (χ2v) is 4.26. The first kappa shape index (κ1) is 12.2. The van der Waals surface area contributed by atoms with E-state index in [9.17, 15) is 4.79 Å². The van der Waals surface area contributed by atoms with E-state index in [-0.39, 0.29) is 11.8 Å². The topological polar surface area (TPSA) is 74.2 Å². The minimum atomic E-state index is -0.550. The van der Waals surface area contributed by atoms with Gasteiger partial charge in [-0.2, -0.15) is 5.26 Å². The van der Waals surface area contributed by atoms with E-state index in [0.29, 0.717) is 18.8 Å². The van der Waals surface area contributed by atoms with Crippen LogP contribution in [0, 0.1) is 17.2 Å². The Labute approximate surface area is 106 Å². The Morgan fingerprint density at radius 3 is 3.22 bits per heavy atom. The van der Waals surface area contributed by atoms with E-state index in [1.807, 2.05) is 24.3 Å². The van der Waals surface area contributed by atoms with E-state index in [1.165, 1.54) is 0 Å². The summed E-state index contributed by atoms with van der Waals surface area (Å²) in [5.74, 6) is 0.286. The highest BCUT2D eigenvalue weighted by molar-refractivity contribution is 5.83. The number of ether oxygens (including phenoxy) is 1. The molecule has 2 atom stereocenters. The standard InChI is InChI=1S/C13H15N3O2/c1-9(6-14)7-16-13(17)12-8-15-10-4-2-3-5-11(10)18-12/h2-5,9,12,15H,7-8H2,1H3,(H,16,17). The number of fused-ring (bicyclic) bond motifs is 1. The van der Waals surface area contributed by atoms with Gasteiger partial charge < -0.3 is 15.4 Å². The highest BCUT2D eigenvalue weighted by atomic mass is 16.5. The summed E-state index contributed by atoms with van der Waals surface area (Å²) < 4.78 is 5.60. The van der Waals surface area contributed by atoms with Crippen molar-refractivity contribution in [1.29, 1.82) is 5.26 Å². The summed E-state index contributed by atoms with van der Waals surface area (Å²) in [5, 5.41) is 14.5. The van der Waals surface area contributed by atoms with E-state index in [1.54, 1.807) is 6.92 Å². The Morgan fingerprint density at radius 2 is 2.44 bits per heavy atom. The van der Waals surface area contributed by atoms with E-state index in [4.69, 9.17) is 10.00 Å². The molecule has 0 aromatic heterocycles. The molecular formula is C13H15N3O2. The van der Waals surface area contributed by atoms with Gasteiger partial charge in [-0.25, -0.2) is 0 Å². The van der Waals surface area contributed by atoms with Crippen LogP contribution in [0.4, 0.5) is 5.69 Å². The van der Waals surface area contributed by atoms with Gasteiger partial charge in [-0.05, 0) is 19.1 Å². The molecule has 1 aliphatic rings. The van der Waals surface area contributed by atoms with Gasteiger partial charge in [-0.1, -0.05) is 12.1 Å². The summed E-state index contributed by atoms with van der Waals surface area (Å²) in [5.41, 5.74) is 0.895. The quantitative estimate of drug-likeness (QED) is 0.837. The molecule has 1 aromatic carbocycles. The average molecular weight is 245 g/mol. The number of benzene rings is 1. The number of nitrogens with one attached hydrogen (secondary N) is 2. The maximum atomic E-state index is 11.8. The molecule has 2 rings (SSSR count). The Balaban J connectivity index is 1.93. The molecule has 1 amide bonds. The minimum absolute atomic E-state index is 0.195. The zero-order chi connectivity index (χ0) is 13.0. The van der Waals surface area contributed by atoms with Crippen LogP contribution >= 0.6 is 0 Å². The third-order valence-electron chi connectivity index (χ3n) is 2.73. The van der Waals surface area contributed by atoms with Gasteiger partial charge in [0.05, 0.1) is 24.2 Å². The molecule has 0 bridgehead atoms. The molecule has 1 aromatic rings. The Hall–Kier alpha value is -2.22. The maximum absolute atomic E-state index is 11.8. The number of nitrogens with zero attached hydrogens (tertiary/aromatic N) is 1. The number of hydrogen-bond donors (Lipinski definition) is 2. The lowest BCUT2D eigenvalue weighted by Gasteiger charge is -2.26. The van der Waals surface area contributed by atoms with Crippen LogP contribution in [0.5, 0.6) is 5.75 Å². The van der Waals surface area contributed by atoms with Crippen molar-refractivity contribution in [3.63, 3.8) is 0 Å². The second-order valence-electron chi connectivity index (χ2n) is 4.26. The van der Waals surface area contributed by atoms with Crippen molar-refractivity contribution in [2.24, 2.45) is 5.92 Å². The number of anilines is 1. The van der Waals surface area contributed by atoms with Crippen molar-refractivity contribution in [2.75, 3.05) is 18.4 Å². The lowest BCUT2D eigenvalue weighted by atomic mass is 10.2. The van der Waals surface area contributed by atoms with Gasteiger partial charge in [0.2, 0.25) is 0 Å². The first-order valence-corrected chi connectivity index (χ1v) is 5.87. The smallest absolute Gasteiger partial charge is 0.262 e. The van der Waals surface area contributed by atoms with Crippen molar-refractivity contribution in [3.05, 3.63) is 24.3 Å². The van der Waals surface area contributed by atoms with E-state index < -0.39 is 6.10 Å². The van der Waals surface area contributed by atoms with Crippen LogP contribution in [-0.2, 0) is 4.79 Å². The molecule has 0 aliphatic carbocycles. The highest BCUT2D eigenvalue weighted by Crippen LogP contribution is 2.28. The van der Waals surface area contributed by atoms with Crippen LogP contribution < -0.4 is 15.4 Å². The van der Waals surface area contributed by atoms with Gasteiger partial charge >= 0.3 is 0 Å². The lowest BCUT2D eigenvalue weighted by molar-refractivity contribution is -0.127. The summed E-state index contributed by atoms with van der Waals surface area (Å²) in [6, 6.07) is 9.56. The molecule has 2 unspecified atom stereocenters. The van der Waals surface area contributed by atoms with Crippen molar-refractivity contribution in [2.45, 2.75) is 13.0 Å². The molecule has 94 valence electrons. The molecule has 0 fully saturated rings. The monoisotopic (exact) mass is 245 g/mol. The minimum Gasteiger partial charge on any atom is -0.477 e. The van der Waals surface area contributed by atoms with Gasteiger partial charge in [0, 0.05) is 6.54 Å². The molecule has 0 spiro atoms. The third kappa shape index (κ3) is 2.72. The Morgan fingerprint density at radius 1 is 1.67 bits per heavy atom. The molecule has 0 radical (unpaired) electrons. The number of rotatable bonds is 3. The summed E-state index contributed by atoms with van der Waals surface area (Å²) in [7, 11) is 0. The van der Waals surface area contributed by atoms with Gasteiger partial charge in [0.25, 0.3) is 5.91 Å². The highest BCUT2D eigenvalue weighted by Gasteiger charge is 2.25. The average Bonchev–Trinajstić information content (AvgIpc) is 2.43. The van der Waals surface area contributed by atoms with Crippen LogP contribution in [0.15, 0.2) is 24.3 Å². The van der Waals surface area contributed by atoms with Gasteiger partial charge in [0.15, 0.2) is 6.10 Å². The van der Waals surface area contributed by atoms with Gasteiger partial charge in [-0.15, -0.1) is 0 Å². The van der Waals surface area contributed by atoms with Crippen LogP contribution in [0.25, 0.3) is 0 Å². The van der Waals surface area contributed by atoms with Crippen LogP contribution in [0.2, 0.25) is 0 Å². The van der Waals surface area contributed by atoms with Crippen molar-refractivity contribution < 1.29 is 9.53 Å². The van der Waals surface area contributed by atoms with Crippen molar-refractivity contribution in [1.82, 2.24) is 5.32 Å². The van der Waals surface area contributed by atoms with Crippen LogP contribution in [-0.4, -0.2) is 25.1 Å². The third-order valence-corrected chi connectivity index (χ3v) is 2.73. The zero-order valence-electron chi connectivity index (χ0n) is 10.1. The molecule has 2 N–H and O–H groups in total. The molecule has 1 aliphatic heterocycles. The predicted octanol–water partition coefficient (Wildman–Crippen LogP) is 1.14. The number of hydrogen-bond acceptors (Lipinski definition) is 4. The fourth-order valence-electron chi connectivity index (χ4n) is 1.67. The van der Waals surface area contributed by atoms with Crippen LogP contribution in [0.1, 0.15) is 6.92 Å². The molecular weight excluding hydrogens is 230 g/mol. The fraction of sp³-hybridized carbons (Fsp3) is 0.385. The van der Waals surface area contributed by atoms with Crippen molar-refractivity contribution in [3.8, 4) is 11.8 Å². The number of carbonyl (C=O) groups excluding carboxylic acids is 1. The molecule has 1 heterocycles. The summed E-state index contributed by atoms with van der Waals surface area (Å²) >= 11 is 0. The van der Waals surface area contributed by atoms with Gasteiger partial charge in [-0.3, -0.25) is 4.79 Å². The van der Waals surface area contributed by atoms with E-state index in [0.717, 1.165) is 5.69 Å². The van der Waals surface area contributed by atoms with E-state index >= 15 is 0 Å². The lowest BCUT2D eigenvalue weighted by Crippen LogP contribution is -2.45. The zero-order valence-corrected chi connectivity index (χ0v) is 10.1. The largest absolute Gasteiger partial charge is 0.477 e. The Kier molecular flexibility index (Phi) is 3.68. The number of carbonyl (C=O) groups is 1. The Bertz CT molecular complexity index is 481. The molecule has 5 heteroatoms. The van der Waals surface area contributed by atoms with Crippen molar-refractivity contribution >= 4 is 11.6 Å². The second kappa shape index (κ2) is 5.41. The van der Waals surface area contributed by atoms with Crippen LogP contribution in [0.3, 0.4) is 0 Å². The first-order chi connectivity index (χ1) is 8.70. The predicted molar refractivity (Wildman–Crippen MR) is 67.1 cm³/mol. The fourth-order valence-corrected chi connectivity index (χ4v) is 1.67. The number of para-hydroxylation sites is 2. The first-order valence-electron chi connectivity index (χ1n) is 5.87. The number of nitriles is 1. The summed E-state index contributed by atoms with van der Waals surface area (Å²) in [6.45, 7) is 2.54. The number of amides is 1. The summed E-state index contributed by atoms with van der Waals surface area (Å²) in [6.07, 6.45) is -0.550. The molecule has 0 saturated heterocycles. The molecule has 5 nitrogen and oxygen atoms in total. The van der Waals surface area contributed by atoms with Gasteiger partial charge in [0.1, 0.15) is 5.75 Å². The van der Waals surface area contributed by atoms with E-state index in [2.05, 4.69) is 16.7 Å². The molecule has 18 heavy (non-hydrogen) atoms. The maximum Gasteiger partial charge on any atom is 0.262 e.